The van der Waals surface area contributed by atoms with Crippen molar-refractivity contribution in [2.24, 2.45) is 19.1 Å². The molecule has 3 heterocycles. The van der Waals surface area contributed by atoms with Gasteiger partial charge in [0.15, 0.2) is 0 Å². The van der Waals surface area contributed by atoms with E-state index >= 15 is 0 Å². The summed E-state index contributed by atoms with van der Waals surface area (Å²) in [5, 5.41) is 3.73. The molecule has 2 aromatic heterocycles. The van der Waals surface area contributed by atoms with Crippen LogP contribution in [-0.2, 0) is 14.1 Å². The molecule has 4 aromatic rings. The Hall–Kier alpha value is -3.56. The van der Waals surface area contributed by atoms with Crippen molar-refractivity contribution in [3.63, 3.8) is 0 Å². The van der Waals surface area contributed by atoms with E-state index in [1.54, 1.807) is 53.7 Å². The van der Waals surface area contributed by atoms with Crippen LogP contribution in [0.2, 0.25) is 5.02 Å². The minimum absolute atomic E-state index is 0.0854. The predicted molar refractivity (Wildman–Crippen MR) is 141 cm³/mol. The standard InChI is InChI=1S/C25H28ClN7O2/c1-16-19(24(34)33(28-16)18-7-5-17(26)6-8-18)15-27-20-13-22-23(31(4)25(35)30(22)3)14-21(20)32-11-9-29(2)10-12-32/h5-8,13-15,28H,9-12H2,1-4H3. The molecule has 2 aromatic carbocycles. The van der Waals surface area contributed by atoms with Crippen LogP contribution in [0.5, 0.6) is 0 Å². The Balaban J connectivity index is 1.60. The van der Waals surface area contributed by atoms with Crippen LogP contribution in [-0.4, -0.2) is 63.3 Å². The van der Waals surface area contributed by atoms with Gasteiger partial charge < -0.3 is 9.80 Å². The Labute approximate surface area is 207 Å². The number of rotatable bonds is 4. The number of nitrogens with zero attached hydrogens (tertiary/aromatic N) is 6. The highest BCUT2D eigenvalue weighted by Crippen LogP contribution is 2.34. The molecule has 0 unspecified atom stereocenters. The Morgan fingerprint density at radius 3 is 2.23 bits per heavy atom. The lowest BCUT2D eigenvalue weighted by Crippen LogP contribution is -2.44. The Kier molecular flexibility index (Phi) is 5.90. The fraction of sp³-hybridized carbons (Fsp3) is 0.320. The molecule has 1 N–H and O–H groups in total. The van der Waals surface area contributed by atoms with Gasteiger partial charge in [0, 0.05) is 57.2 Å². The largest absolute Gasteiger partial charge is 0.367 e. The van der Waals surface area contributed by atoms with Gasteiger partial charge in [-0.3, -0.25) is 24.0 Å². The summed E-state index contributed by atoms with van der Waals surface area (Å²) in [5.74, 6) is 0. The van der Waals surface area contributed by atoms with Crippen molar-refractivity contribution in [3.05, 3.63) is 73.5 Å². The van der Waals surface area contributed by atoms with Crippen LogP contribution in [0, 0.1) is 6.92 Å². The van der Waals surface area contributed by atoms with E-state index in [9.17, 15) is 9.59 Å². The maximum absolute atomic E-state index is 13.2. The van der Waals surface area contributed by atoms with Gasteiger partial charge in [0.05, 0.1) is 33.7 Å². The maximum atomic E-state index is 13.2. The zero-order chi connectivity index (χ0) is 24.9. The van der Waals surface area contributed by atoms with E-state index in [4.69, 9.17) is 16.6 Å². The zero-order valence-corrected chi connectivity index (χ0v) is 21.0. The van der Waals surface area contributed by atoms with Crippen LogP contribution in [0.15, 0.2) is 51.0 Å². The summed E-state index contributed by atoms with van der Waals surface area (Å²) in [7, 11) is 5.65. The summed E-state index contributed by atoms with van der Waals surface area (Å²) >= 11 is 6.00. The van der Waals surface area contributed by atoms with Gasteiger partial charge in [0.1, 0.15) is 0 Å². The molecule has 1 aliphatic rings. The predicted octanol–water partition coefficient (Wildman–Crippen LogP) is 2.82. The van der Waals surface area contributed by atoms with Crippen LogP contribution < -0.4 is 16.1 Å². The number of anilines is 1. The summed E-state index contributed by atoms with van der Waals surface area (Å²) < 4.78 is 4.76. The van der Waals surface area contributed by atoms with E-state index in [2.05, 4.69) is 21.9 Å². The number of imidazole rings is 1. The molecule has 1 fully saturated rings. The lowest BCUT2D eigenvalue weighted by Gasteiger charge is -2.34. The van der Waals surface area contributed by atoms with Gasteiger partial charge in [-0.2, -0.15) is 0 Å². The van der Waals surface area contributed by atoms with Gasteiger partial charge in [0.2, 0.25) is 0 Å². The lowest BCUT2D eigenvalue weighted by atomic mass is 10.2. The number of H-pyrrole nitrogens is 1. The van der Waals surface area contributed by atoms with Crippen LogP contribution >= 0.6 is 11.6 Å². The first-order valence-corrected chi connectivity index (χ1v) is 11.9. The average Bonchev–Trinajstić information content (AvgIpc) is 3.25. The molecule has 182 valence electrons. The molecular formula is C25H28ClN7O2. The van der Waals surface area contributed by atoms with Gasteiger partial charge in [-0.15, -0.1) is 0 Å². The number of fused-ring (bicyclic) bond motifs is 1. The van der Waals surface area contributed by atoms with Crippen LogP contribution in [0.4, 0.5) is 11.4 Å². The van der Waals surface area contributed by atoms with Crippen LogP contribution in [0.3, 0.4) is 0 Å². The minimum Gasteiger partial charge on any atom is -0.367 e. The van der Waals surface area contributed by atoms with Gasteiger partial charge in [-0.1, -0.05) is 11.6 Å². The highest BCUT2D eigenvalue weighted by Gasteiger charge is 2.20. The van der Waals surface area contributed by atoms with Crippen molar-refractivity contribution in [2.75, 3.05) is 38.1 Å². The third-order valence-corrected chi connectivity index (χ3v) is 7.00. The molecule has 0 radical (unpaired) electrons. The summed E-state index contributed by atoms with van der Waals surface area (Å²) in [6.45, 7) is 5.45. The molecule has 10 heteroatoms. The molecule has 0 atom stereocenters. The zero-order valence-electron chi connectivity index (χ0n) is 20.2. The topological polar surface area (TPSA) is 83.6 Å². The van der Waals surface area contributed by atoms with Gasteiger partial charge >= 0.3 is 5.69 Å². The number of benzene rings is 2. The number of aromatic nitrogens is 4. The fourth-order valence-electron chi connectivity index (χ4n) is 4.54. The minimum atomic E-state index is -0.192. The number of aryl methyl sites for hydroxylation is 3. The second kappa shape index (κ2) is 8.90. The summed E-state index contributed by atoms with van der Waals surface area (Å²) in [6.07, 6.45) is 1.61. The smallest absolute Gasteiger partial charge is 0.328 e. The number of nitrogens with one attached hydrogen (secondary N) is 1. The first-order valence-electron chi connectivity index (χ1n) is 11.5. The highest BCUT2D eigenvalue weighted by molar-refractivity contribution is 6.30. The van der Waals surface area contributed by atoms with E-state index in [0.717, 1.165) is 48.6 Å². The number of aromatic amines is 1. The second-order valence-electron chi connectivity index (χ2n) is 9.05. The van der Waals surface area contributed by atoms with E-state index < -0.39 is 0 Å². The molecule has 0 aliphatic carbocycles. The van der Waals surface area contributed by atoms with Crippen molar-refractivity contribution in [1.29, 1.82) is 0 Å². The third-order valence-electron chi connectivity index (χ3n) is 6.75. The molecular weight excluding hydrogens is 466 g/mol. The number of hydrogen-bond acceptors (Lipinski definition) is 5. The highest BCUT2D eigenvalue weighted by atomic mass is 35.5. The molecule has 9 nitrogen and oxygen atoms in total. The van der Waals surface area contributed by atoms with Crippen molar-refractivity contribution >= 4 is 40.2 Å². The molecule has 0 bridgehead atoms. The fourth-order valence-corrected chi connectivity index (χ4v) is 4.67. The van der Waals surface area contributed by atoms with E-state index in [-0.39, 0.29) is 11.2 Å². The summed E-state index contributed by atoms with van der Waals surface area (Å²) in [6, 6.07) is 11.0. The van der Waals surface area contributed by atoms with E-state index in [1.165, 1.54) is 4.68 Å². The monoisotopic (exact) mass is 493 g/mol. The molecule has 0 amide bonds. The number of aliphatic imine (C=N–C) groups is 1. The first-order chi connectivity index (χ1) is 16.7. The molecule has 0 saturated carbocycles. The van der Waals surface area contributed by atoms with Crippen molar-refractivity contribution in [1.82, 2.24) is 23.8 Å². The first kappa shape index (κ1) is 23.2. The second-order valence-corrected chi connectivity index (χ2v) is 9.48. The maximum Gasteiger partial charge on any atom is 0.328 e. The summed E-state index contributed by atoms with van der Waals surface area (Å²) in [4.78, 5) is 35.1. The third kappa shape index (κ3) is 4.11. The molecule has 0 spiro atoms. The van der Waals surface area contributed by atoms with Gasteiger partial charge in [-0.05, 0) is 50.4 Å². The molecule has 1 saturated heterocycles. The van der Waals surface area contributed by atoms with Crippen LogP contribution in [0.25, 0.3) is 16.7 Å². The lowest BCUT2D eigenvalue weighted by molar-refractivity contribution is 0.313. The Morgan fingerprint density at radius 2 is 1.57 bits per heavy atom. The normalized spacial score (nSPS) is 15.1. The Bertz CT molecular complexity index is 1550. The number of likely N-dealkylation sites (N-methyl/N-ethyl adjacent to an activating group) is 1. The molecule has 35 heavy (non-hydrogen) atoms. The van der Waals surface area contributed by atoms with Crippen molar-refractivity contribution in [2.45, 2.75) is 6.92 Å². The van der Waals surface area contributed by atoms with Crippen molar-refractivity contribution in [3.8, 4) is 5.69 Å². The number of piperazine rings is 1. The van der Waals surface area contributed by atoms with Crippen LogP contribution in [0.1, 0.15) is 11.3 Å². The van der Waals surface area contributed by atoms with Crippen molar-refractivity contribution < 1.29 is 0 Å². The average molecular weight is 494 g/mol. The SMILES string of the molecule is Cc1[nH]n(-c2ccc(Cl)cc2)c(=O)c1C=Nc1cc2c(cc1N1CCN(C)CC1)n(C)c(=O)n2C. The quantitative estimate of drug-likeness (QED) is 0.443. The van der Waals surface area contributed by atoms with E-state index in [1.807, 2.05) is 19.1 Å². The number of hydrogen-bond donors (Lipinski definition) is 1. The van der Waals surface area contributed by atoms with E-state index in [0.29, 0.717) is 22.0 Å². The van der Waals surface area contributed by atoms with Gasteiger partial charge in [-0.25, -0.2) is 9.48 Å². The number of halogens is 1. The molecule has 1 aliphatic heterocycles. The summed E-state index contributed by atoms with van der Waals surface area (Å²) in [5.41, 5.74) is 4.94. The van der Waals surface area contributed by atoms with Gasteiger partial charge in [0.25, 0.3) is 5.56 Å². The Morgan fingerprint density at radius 1 is 0.943 bits per heavy atom. The molecule has 5 rings (SSSR count).